The Morgan fingerprint density at radius 1 is 1.15 bits per heavy atom. The molecular weight excluding hydrogens is 582 g/mol. The van der Waals surface area contributed by atoms with Crippen LogP contribution in [0.1, 0.15) is 87.8 Å². The summed E-state index contributed by atoms with van der Waals surface area (Å²) in [7, 11) is 0. The number of allylic oxidation sites excluding steroid dienone is 4. The Labute approximate surface area is 270 Å². The molecular formula is C38H45NO7. The zero-order chi connectivity index (χ0) is 32.0. The molecule has 4 saturated carbocycles. The lowest BCUT2D eigenvalue weighted by Gasteiger charge is -2.59. The average molecular weight is 628 g/mol. The van der Waals surface area contributed by atoms with E-state index in [2.05, 4.69) is 36.7 Å². The molecule has 6 aliphatic rings. The minimum absolute atomic E-state index is 0.00293. The number of hydrogen-bond donors (Lipinski definition) is 3. The lowest BCUT2D eigenvalue weighted by Crippen LogP contribution is -2.63. The number of rotatable bonds is 8. The molecule has 0 bridgehead atoms. The van der Waals surface area contributed by atoms with Crippen molar-refractivity contribution in [3.8, 4) is 0 Å². The number of aliphatic hydroxyl groups excluding tert-OH is 3. The lowest BCUT2D eigenvalue weighted by atomic mass is 9.46. The molecule has 2 heterocycles. The zero-order valence-electron chi connectivity index (χ0n) is 26.7. The summed E-state index contributed by atoms with van der Waals surface area (Å²) in [6, 6.07) is 10.2. The second-order valence-electron chi connectivity index (χ2n) is 15.3. The molecule has 3 N–H and O–H groups in total. The third kappa shape index (κ3) is 4.37. The molecule has 2 aromatic rings. The first kappa shape index (κ1) is 30.5. The van der Waals surface area contributed by atoms with Crippen LogP contribution in [0.5, 0.6) is 0 Å². The first-order valence-electron chi connectivity index (χ1n) is 17.1. The predicted octanol–water partition coefficient (Wildman–Crippen LogP) is 4.97. The van der Waals surface area contributed by atoms with Crippen molar-refractivity contribution in [3.63, 3.8) is 0 Å². The highest BCUT2D eigenvalue weighted by molar-refractivity contribution is 6.01. The van der Waals surface area contributed by atoms with E-state index in [1.165, 1.54) is 12.8 Å². The summed E-state index contributed by atoms with van der Waals surface area (Å²) in [6.45, 7) is 3.55. The van der Waals surface area contributed by atoms with Crippen molar-refractivity contribution in [1.29, 1.82) is 0 Å². The highest BCUT2D eigenvalue weighted by atomic mass is 16.7. The van der Waals surface area contributed by atoms with Gasteiger partial charge in [0.05, 0.1) is 24.9 Å². The Hall–Kier alpha value is -2.88. The van der Waals surface area contributed by atoms with Gasteiger partial charge in [0, 0.05) is 34.7 Å². The van der Waals surface area contributed by atoms with Crippen molar-refractivity contribution in [2.24, 2.45) is 34.5 Å². The summed E-state index contributed by atoms with van der Waals surface area (Å²) in [5.41, 5.74) is 1.43. The van der Waals surface area contributed by atoms with Crippen LogP contribution in [0.2, 0.25) is 0 Å². The van der Waals surface area contributed by atoms with E-state index in [0.29, 0.717) is 18.8 Å². The van der Waals surface area contributed by atoms with Crippen molar-refractivity contribution in [2.45, 2.75) is 95.5 Å². The van der Waals surface area contributed by atoms with Gasteiger partial charge in [-0.05, 0) is 79.2 Å². The van der Waals surface area contributed by atoms with Crippen LogP contribution in [-0.4, -0.2) is 55.9 Å². The maximum atomic E-state index is 13.9. The standard InChI is InChI=1S/C38H45NO7/c1-36-12-10-27(42)16-26(36)8-9-28-29-17-33-38(32(44)21-41,37(29,2)18-31(43)34(28)36)46-35(45-33)25-11-13-39(19-25)30(15-22-6-7-22)24-5-3-4-23(14-24)20-40/h3-5,10-14,16,19,22,28-31,33-35,40-41,43H,6-9,15,17-18,20-21H2,1-2H3/t28-,29-,30+,31-,33+,34+,35+,36-,37-,38+/m0/s1. The van der Waals surface area contributed by atoms with Gasteiger partial charge in [0.15, 0.2) is 23.5 Å². The fraction of sp³-hybridized carbons (Fsp3) is 0.579. The molecule has 8 rings (SSSR count). The molecule has 1 aliphatic heterocycles. The molecule has 0 spiro atoms. The Balaban J connectivity index is 1.10. The summed E-state index contributed by atoms with van der Waals surface area (Å²) < 4.78 is 15.7. The minimum Gasteiger partial charge on any atom is -0.393 e. The molecule has 1 saturated heterocycles. The predicted molar refractivity (Wildman–Crippen MR) is 169 cm³/mol. The van der Waals surface area contributed by atoms with E-state index >= 15 is 0 Å². The van der Waals surface area contributed by atoms with E-state index in [1.54, 1.807) is 12.2 Å². The second-order valence-corrected chi connectivity index (χ2v) is 15.3. The number of carbonyl (C=O) groups excluding carboxylic acids is 2. The largest absolute Gasteiger partial charge is 0.393 e. The van der Waals surface area contributed by atoms with Gasteiger partial charge in [0.1, 0.15) is 6.61 Å². The Morgan fingerprint density at radius 2 is 1.98 bits per heavy atom. The number of aromatic nitrogens is 1. The van der Waals surface area contributed by atoms with E-state index in [4.69, 9.17) is 9.47 Å². The molecule has 46 heavy (non-hydrogen) atoms. The van der Waals surface area contributed by atoms with Crippen LogP contribution >= 0.6 is 0 Å². The Bertz CT molecular complexity index is 1620. The number of carbonyl (C=O) groups is 2. The van der Waals surface area contributed by atoms with Gasteiger partial charge in [-0.2, -0.15) is 0 Å². The SMILES string of the molecule is C[C@]12C=CC(=O)C=C1CC[C@@H]1[C@@H]2[C@@H](O)C[C@@]2(C)[C@H]1C[C@H]1O[C@@H](c3ccn([C@H](CC4CC4)c4cccc(CO)c4)c3)O[C@]12C(=O)CO. The summed E-state index contributed by atoms with van der Waals surface area (Å²) in [5, 5.41) is 32.0. The van der Waals surface area contributed by atoms with E-state index < -0.39 is 41.5 Å². The molecule has 10 atom stereocenters. The van der Waals surface area contributed by atoms with Crippen LogP contribution in [0.25, 0.3) is 0 Å². The van der Waals surface area contributed by atoms with Gasteiger partial charge >= 0.3 is 0 Å². The number of hydrogen-bond acceptors (Lipinski definition) is 7. The van der Waals surface area contributed by atoms with Gasteiger partial charge < -0.3 is 29.4 Å². The van der Waals surface area contributed by atoms with E-state index in [-0.39, 0.29) is 42.0 Å². The maximum absolute atomic E-state index is 13.9. The van der Waals surface area contributed by atoms with Gasteiger partial charge in [-0.15, -0.1) is 0 Å². The fourth-order valence-corrected chi connectivity index (χ4v) is 10.6. The summed E-state index contributed by atoms with van der Waals surface area (Å²) in [6.07, 6.45) is 13.5. The van der Waals surface area contributed by atoms with Gasteiger partial charge in [-0.1, -0.05) is 62.6 Å². The molecule has 1 aromatic heterocycles. The number of fused-ring (bicyclic) bond motifs is 7. The number of benzene rings is 1. The van der Waals surface area contributed by atoms with Crippen molar-refractivity contribution < 1.29 is 34.4 Å². The van der Waals surface area contributed by atoms with Crippen molar-refractivity contribution in [3.05, 3.63) is 83.2 Å². The second kappa shape index (κ2) is 10.8. The molecule has 8 nitrogen and oxygen atoms in total. The highest BCUT2D eigenvalue weighted by Gasteiger charge is 2.76. The zero-order valence-corrected chi connectivity index (χ0v) is 26.7. The molecule has 5 fully saturated rings. The average Bonchev–Trinajstić information content (AvgIpc) is 3.48. The summed E-state index contributed by atoms with van der Waals surface area (Å²) in [5.74, 6) is 0.392. The van der Waals surface area contributed by atoms with Crippen LogP contribution in [-0.2, 0) is 25.7 Å². The first-order chi connectivity index (χ1) is 22.1. The quantitative estimate of drug-likeness (QED) is 0.378. The van der Waals surface area contributed by atoms with Crippen molar-refractivity contribution in [1.82, 2.24) is 4.57 Å². The van der Waals surface area contributed by atoms with Crippen LogP contribution in [0.4, 0.5) is 0 Å². The minimum atomic E-state index is -1.37. The third-order valence-electron chi connectivity index (χ3n) is 12.9. The smallest absolute Gasteiger partial charge is 0.193 e. The monoisotopic (exact) mass is 627 g/mol. The fourth-order valence-electron chi connectivity index (χ4n) is 10.6. The lowest BCUT2D eigenvalue weighted by molar-refractivity contribution is -0.201. The topological polar surface area (TPSA) is 118 Å². The summed E-state index contributed by atoms with van der Waals surface area (Å²) >= 11 is 0. The van der Waals surface area contributed by atoms with Crippen LogP contribution in [0.15, 0.2) is 66.5 Å². The number of ether oxygens (including phenoxy) is 2. The number of Topliss-reactive ketones (excluding diaryl/α,β-unsaturated/α-hetero) is 1. The number of ketones is 2. The van der Waals surface area contributed by atoms with Crippen molar-refractivity contribution >= 4 is 11.6 Å². The van der Waals surface area contributed by atoms with Gasteiger partial charge in [-0.25, -0.2) is 0 Å². The van der Waals surface area contributed by atoms with Gasteiger partial charge in [0.25, 0.3) is 0 Å². The van der Waals surface area contributed by atoms with Gasteiger partial charge in [0.2, 0.25) is 0 Å². The van der Waals surface area contributed by atoms with Crippen LogP contribution < -0.4 is 0 Å². The normalized spacial score (nSPS) is 40.1. The molecule has 0 unspecified atom stereocenters. The number of aliphatic hydroxyl groups is 3. The Morgan fingerprint density at radius 3 is 2.74 bits per heavy atom. The van der Waals surface area contributed by atoms with E-state index in [1.807, 2.05) is 30.5 Å². The van der Waals surface area contributed by atoms with Crippen LogP contribution in [0.3, 0.4) is 0 Å². The molecule has 244 valence electrons. The van der Waals surface area contributed by atoms with Crippen molar-refractivity contribution in [2.75, 3.05) is 6.61 Å². The van der Waals surface area contributed by atoms with Crippen LogP contribution in [0, 0.1) is 34.5 Å². The number of nitrogens with zero attached hydrogens (tertiary/aromatic N) is 1. The highest BCUT2D eigenvalue weighted by Crippen LogP contribution is 2.70. The molecule has 5 aliphatic carbocycles. The summed E-state index contributed by atoms with van der Waals surface area (Å²) in [4.78, 5) is 26.1. The van der Waals surface area contributed by atoms with Gasteiger partial charge in [-0.3, -0.25) is 9.59 Å². The Kier molecular flexibility index (Phi) is 7.16. The first-order valence-corrected chi connectivity index (χ1v) is 17.1. The molecule has 0 radical (unpaired) electrons. The third-order valence-corrected chi connectivity index (χ3v) is 12.9. The van der Waals surface area contributed by atoms with E-state index in [9.17, 15) is 24.9 Å². The molecule has 0 amide bonds. The molecule has 1 aromatic carbocycles. The molecule has 8 heteroatoms. The maximum Gasteiger partial charge on any atom is 0.193 e. The van der Waals surface area contributed by atoms with E-state index in [0.717, 1.165) is 41.5 Å².